The molecule has 6 heteroatoms. The summed E-state index contributed by atoms with van der Waals surface area (Å²) in [4.78, 5) is 38.3. The first-order valence-electron chi connectivity index (χ1n) is 34.8. The Morgan fingerprint density at radius 3 is 0.740 bits per heavy atom. The highest BCUT2D eigenvalue weighted by molar-refractivity contribution is 5.71. The lowest BCUT2D eigenvalue weighted by Gasteiger charge is -2.18. The highest BCUT2D eigenvalue weighted by Crippen LogP contribution is 2.19. The van der Waals surface area contributed by atoms with Crippen LogP contribution in [0.2, 0.25) is 0 Å². The lowest BCUT2D eigenvalue weighted by atomic mass is 10.0. The Morgan fingerprint density at radius 2 is 0.468 bits per heavy atom. The zero-order chi connectivity index (χ0) is 55.7. The number of hydrogen-bond donors (Lipinski definition) is 0. The molecule has 0 heterocycles. The van der Waals surface area contributed by atoms with Crippen molar-refractivity contribution in [2.45, 2.75) is 399 Å². The van der Waals surface area contributed by atoms with E-state index in [4.69, 9.17) is 14.2 Å². The molecule has 0 aliphatic carbocycles. The third-order valence-electron chi connectivity index (χ3n) is 16.0. The van der Waals surface area contributed by atoms with Crippen molar-refractivity contribution < 1.29 is 28.6 Å². The fourth-order valence-corrected chi connectivity index (χ4v) is 10.7. The van der Waals surface area contributed by atoms with Crippen molar-refractivity contribution in [3.05, 3.63) is 24.3 Å². The predicted octanol–water partition coefficient (Wildman–Crippen LogP) is 23.8. The van der Waals surface area contributed by atoms with Gasteiger partial charge in [0.15, 0.2) is 6.10 Å². The molecule has 6 nitrogen and oxygen atoms in total. The monoisotopic (exact) mass is 1080 g/mol. The highest BCUT2D eigenvalue weighted by atomic mass is 16.6. The minimum Gasteiger partial charge on any atom is -0.462 e. The van der Waals surface area contributed by atoms with Crippen molar-refractivity contribution in [2.24, 2.45) is 0 Å². The van der Waals surface area contributed by atoms with Gasteiger partial charge < -0.3 is 14.2 Å². The van der Waals surface area contributed by atoms with Crippen LogP contribution in [0, 0.1) is 0 Å². The minimum atomic E-state index is -0.775. The summed E-state index contributed by atoms with van der Waals surface area (Å²) in [5, 5.41) is 0. The lowest BCUT2D eigenvalue weighted by molar-refractivity contribution is -0.167. The lowest BCUT2D eigenvalue weighted by Crippen LogP contribution is -2.30. The van der Waals surface area contributed by atoms with Gasteiger partial charge in [0.05, 0.1) is 0 Å². The number of unbranched alkanes of at least 4 members (excludes halogenated alkanes) is 50. The standard InChI is InChI=1S/C71H134O6/c1-4-7-10-13-16-19-22-25-28-29-30-31-32-33-34-35-36-37-38-39-40-41-44-46-49-52-55-58-61-64-70(73)76-67-68(77-71(74)65-62-59-56-53-50-47-43-27-24-21-18-15-12-9-6-3)66-75-69(72)63-60-57-54-51-48-45-42-26-23-20-17-14-11-8-5-2/h18,21,27,43,68H,4-17,19-20,22-26,28-42,44-67H2,1-3H3/b21-18-,43-27-. The van der Waals surface area contributed by atoms with Crippen molar-refractivity contribution in [1.29, 1.82) is 0 Å². The smallest absolute Gasteiger partial charge is 0.306 e. The van der Waals surface area contributed by atoms with Crippen LogP contribution < -0.4 is 0 Å². The van der Waals surface area contributed by atoms with Crippen LogP contribution in [-0.4, -0.2) is 37.2 Å². The summed E-state index contributed by atoms with van der Waals surface area (Å²) in [5.74, 6) is -0.855. The summed E-state index contributed by atoms with van der Waals surface area (Å²) >= 11 is 0. The topological polar surface area (TPSA) is 78.9 Å². The van der Waals surface area contributed by atoms with Crippen LogP contribution in [0.4, 0.5) is 0 Å². The minimum absolute atomic E-state index is 0.0709. The van der Waals surface area contributed by atoms with Crippen molar-refractivity contribution in [3.8, 4) is 0 Å². The highest BCUT2D eigenvalue weighted by Gasteiger charge is 2.19. The molecule has 0 N–H and O–H groups in total. The molecular weight excluding hydrogens is 949 g/mol. The summed E-state index contributed by atoms with van der Waals surface area (Å²) in [6.45, 7) is 6.68. The third-order valence-corrected chi connectivity index (χ3v) is 16.0. The Balaban J connectivity index is 4.16. The van der Waals surface area contributed by atoms with Gasteiger partial charge >= 0.3 is 17.9 Å². The van der Waals surface area contributed by atoms with Gasteiger partial charge in [0, 0.05) is 19.3 Å². The van der Waals surface area contributed by atoms with Gasteiger partial charge in [-0.1, -0.05) is 347 Å². The van der Waals surface area contributed by atoms with Crippen LogP contribution in [0.3, 0.4) is 0 Å². The second-order valence-electron chi connectivity index (χ2n) is 23.8. The molecule has 77 heavy (non-hydrogen) atoms. The zero-order valence-electron chi connectivity index (χ0n) is 52.3. The van der Waals surface area contributed by atoms with Crippen LogP contribution in [0.15, 0.2) is 24.3 Å². The molecule has 0 aliphatic heterocycles. The van der Waals surface area contributed by atoms with Gasteiger partial charge in [0.2, 0.25) is 0 Å². The maximum Gasteiger partial charge on any atom is 0.306 e. The average Bonchev–Trinajstić information content (AvgIpc) is 3.43. The molecule has 0 aromatic heterocycles. The maximum atomic E-state index is 12.9. The van der Waals surface area contributed by atoms with Crippen molar-refractivity contribution in [3.63, 3.8) is 0 Å². The number of hydrogen-bond acceptors (Lipinski definition) is 6. The van der Waals surface area contributed by atoms with Gasteiger partial charge in [0.25, 0.3) is 0 Å². The van der Waals surface area contributed by atoms with Gasteiger partial charge in [0.1, 0.15) is 13.2 Å². The Bertz CT molecular complexity index is 1240. The summed E-state index contributed by atoms with van der Waals surface area (Å²) in [7, 11) is 0. The number of ether oxygens (including phenoxy) is 3. The van der Waals surface area contributed by atoms with Crippen LogP contribution in [-0.2, 0) is 28.6 Å². The second kappa shape index (κ2) is 66.4. The first kappa shape index (κ1) is 74.9. The van der Waals surface area contributed by atoms with Gasteiger partial charge in [-0.05, 0) is 51.4 Å². The SMILES string of the molecule is CCCCC/C=C\C/C=C\CCCCCCCC(=O)OC(COC(=O)CCCCCCCCCCCCCCCCC)COC(=O)CCCCCCCCCCCCCCCCCCCCCCCCCCCCCCC. The molecule has 1 atom stereocenters. The molecule has 0 fully saturated rings. The number of allylic oxidation sites excluding steroid dienone is 4. The first-order chi connectivity index (χ1) is 38.0. The quantitative estimate of drug-likeness (QED) is 0.0261. The molecule has 0 saturated carbocycles. The van der Waals surface area contributed by atoms with Crippen LogP contribution >= 0.6 is 0 Å². The Hall–Kier alpha value is -2.11. The number of carbonyl (C=O) groups is 3. The molecule has 0 radical (unpaired) electrons. The summed E-state index contributed by atoms with van der Waals surface area (Å²) in [5.41, 5.74) is 0. The van der Waals surface area contributed by atoms with Crippen molar-refractivity contribution in [2.75, 3.05) is 13.2 Å². The molecule has 1 unspecified atom stereocenters. The Morgan fingerprint density at radius 1 is 0.260 bits per heavy atom. The third kappa shape index (κ3) is 64.6. The van der Waals surface area contributed by atoms with E-state index in [-0.39, 0.29) is 31.1 Å². The molecule has 0 bridgehead atoms. The van der Waals surface area contributed by atoms with Crippen molar-refractivity contribution in [1.82, 2.24) is 0 Å². The van der Waals surface area contributed by atoms with Gasteiger partial charge in [-0.2, -0.15) is 0 Å². The number of esters is 3. The molecule has 0 rings (SSSR count). The molecule has 454 valence electrons. The summed E-state index contributed by atoms with van der Waals surface area (Å²) < 4.78 is 17.0. The Kier molecular flexibility index (Phi) is 64.6. The van der Waals surface area contributed by atoms with E-state index >= 15 is 0 Å². The van der Waals surface area contributed by atoms with E-state index < -0.39 is 6.10 Å². The van der Waals surface area contributed by atoms with Crippen molar-refractivity contribution >= 4 is 17.9 Å². The molecule has 0 spiro atoms. The molecular formula is C71H134O6. The van der Waals surface area contributed by atoms with E-state index in [1.807, 2.05) is 0 Å². The second-order valence-corrected chi connectivity index (χ2v) is 23.8. The van der Waals surface area contributed by atoms with Gasteiger partial charge in [-0.25, -0.2) is 0 Å². The van der Waals surface area contributed by atoms with E-state index in [9.17, 15) is 14.4 Å². The van der Waals surface area contributed by atoms with E-state index in [0.29, 0.717) is 19.3 Å². The van der Waals surface area contributed by atoms with E-state index in [0.717, 1.165) is 77.0 Å². The first-order valence-corrected chi connectivity index (χ1v) is 34.8. The normalized spacial score (nSPS) is 12.1. The average molecular weight is 1080 g/mol. The maximum absolute atomic E-state index is 12.9. The predicted molar refractivity (Wildman–Crippen MR) is 335 cm³/mol. The molecule has 0 aromatic carbocycles. The molecule has 0 amide bonds. The molecule has 0 aliphatic rings. The number of carbonyl (C=O) groups excluding carboxylic acids is 3. The van der Waals surface area contributed by atoms with Crippen LogP contribution in [0.25, 0.3) is 0 Å². The Labute approximate surface area is 481 Å². The largest absolute Gasteiger partial charge is 0.462 e. The zero-order valence-corrected chi connectivity index (χ0v) is 52.3. The summed E-state index contributed by atoms with van der Waals surface area (Å²) in [6.07, 6.45) is 80.7. The fraction of sp³-hybridized carbons (Fsp3) is 0.901. The fourth-order valence-electron chi connectivity index (χ4n) is 10.7. The van der Waals surface area contributed by atoms with E-state index in [1.165, 1.54) is 276 Å². The molecule has 0 aromatic rings. The molecule has 0 saturated heterocycles. The van der Waals surface area contributed by atoms with Gasteiger partial charge in [-0.15, -0.1) is 0 Å². The van der Waals surface area contributed by atoms with E-state index in [2.05, 4.69) is 45.1 Å². The number of rotatable bonds is 65. The van der Waals surface area contributed by atoms with Crippen LogP contribution in [0.1, 0.15) is 393 Å². The summed E-state index contributed by atoms with van der Waals surface area (Å²) in [6, 6.07) is 0. The van der Waals surface area contributed by atoms with Gasteiger partial charge in [-0.3, -0.25) is 14.4 Å². The van der Waals surface area contributed by atoms with Crippen LogP contribution in [0.5, 0.6) is 0 Å². The van der Waals surface area contributed by atoms with E-state index in [1.54, 1.807) is 0 Å².